The second-order valence-electron chi connectivity index (χ2n) is 8.88. The number of nitrogens with two attached hydrogens (primary N) is 1. The van der Waals surface area contributed by atoms with E-state index in [9.17, 15) is 4.79 Å². The predicted octanol–water partition coefficient (Wildman–Crippen LogP) is 3.47. The summed E-state index contributed by atoms with van der Waals surface area (Å²) in [4.78, 5) is 14.6. The van der Waals surface area contributed by atoms with Crippen molar-refractivity contribution >= 4 is 11.7 Å². The summed E-state index contributed by atoms with van der Waals surface area (Å²) < 4.78 is 5.42. The van der Waals surface area contributed by atoms with E-state index >= 15 is 0 Å². The lowest BCUT2D eigenvalue weighted by Crippen LogP contribution is -2.35. The summed E-state index contributed by atoms with van der Waals surface area (Å²) >= 11 is 0. The molecule has 2 heterocycles. The quantitative estimate of drug-likeness (QED) is 0.491. The van der Waals surface area contributed by atoms with Crippen molar-refractivity contribution in [3.8, 4) is 0 Å². The molecule has 1 fully saturated rings. The Morgan fingerprint density at radius 3 is 2.33 bits per heavy atom. The number of carbonyl (C=O) groups is 1. The van der Waals surface area contributed by atoms with Gasteiger partial charge in [-0.3, -0.25) is 14.8 Å². The van der Waals surface area contributed by atoms with Crippen molar-refractivity contribution in [2.24, 2.45) is 5.73 Å². The number of H-pyrrole nitrogens is 1. The van der Waals surface area contributed by atoms with Gasteiger partial charge < -0.3 is 15.8 Å². The molecule has 1 aromatic heterocycles. The molecule has 7 heteroatoms. The number of benzene rings is 2. The van der Waals surface area contributed by atoms with Gasteiger partial charge >= 0.3 is 0 Å². The highest BCUT2D eigenvalue weighted by molar-refractivity contribution is 5.98. The Balaban J connectivity index is 1.43. The Morgan fingerprint density at radius 1 is 1.06 bits per heavy atom. The predicted molar refractivity (Wildman–Crippen MR) is 130 cm³/mol. The topological polar surface area (TPSA) is 96.3 Å². The molecule has 1 aliphatic heterocycles. The molecule has 0 bridgehead atoms. The van der Waals surface area contributed by atoms with Crippen molar-refractivity contribution in [1.29, 1.82) is 0 Å². The number of primary amides is 1. The molecule has 1 aliphatic rings. The lowest BCUT2D eigenvalue weighted by molar-refractivity contribution is 0.0342. The normalized spacial score (nSPS) is 14.4. The summed E-state index contributed by atoms with van der Waals surface area (Å²) in [5.41, 5.74) is 14.2. The van der Waals surface area contributed by atoms with Gasteiger partial charge in [0, 0.05) is 32.6 Å². The number of anilines is 1. The summed E-state index contributed by atoms with van der Waals surface area (Å²) in [7, 11) is 0. The molecule has 4 N–H and O–H groups in total. The van der Waals surface area contributed by atoms with Crippen LogP contribution in [0.1, 0.15) is 49.4 Å². The van der Waals surface area contributed by atoms with E-state index in [0.29, 0.717) is 24.3 Å². The van der Waals surface area contributed by atoms with Crippen molar-refractivity contribution in [2.45, 2.75) is 40.3 Å². The molecular formula is C26H33N5O2. The minimum atomic E-state index is -0.485. The van der Waals surface area contributed by atoms with Crippen LogP contribution in [-0.4, -0.2) is 47.3 Å². The van der Waals surface area contributed by atoms with Crippen molar-refractivity contribution < 1.29 is 9.53 Å². The fourth-order valence-corrected chi connectivity index (χ4v) is 4.30. The van der Waals surface area contributed by atoms with Gasteiger partial charge in [-0.15, -0.1) is 0 Å². The molecule has 0 unspecified atom stereocenters. The van der Waals surface area contributed by atoms with Crippen LogP contribution in [0.5, 0.6) is 0 Å². The zero-order valence-electron chi connectivity index (χ0n) is 19.7. The molecule has 1 amide bonds. The summed E-state index contributed by atoms with van der Waals surface area (Å²) in [6.07, 6.45) is 0.563. The van der Waals surface area contributed by atoms with Crippen LogP contribution in [0.3, 0.4) is 0 Å². The van der Waals surface area contributed by atoms with Gasteiger partial charge in [0.2, 0.25) is 0 Å². The average molecular weight is 448 g/mol. The van der Waals surface area contributed by atoms with E-state index < -0.39 is 5.91 Å². The Bertz CT molecular complexity index is 1090. The Labute approximate surface area is 195 Å². The zero-order valence-corrected chi connectivity index (χ0v) is 19.7. The number of ether oxygens (including phenoxy) is 1. The molecule has 0 radical (unpaired) electrons. The van der Waals surface area contributed by atoms with Crippen LogP contribution in [0.25, 0.3) is 0 Å². The van der Waals surface area contributed by atoms with Gasteiger partial charge in [0.05, 0.1) is 18.9 Å². The van der Waals surface area contributed by atoms with Crippen LogP contribution in [0.2, 0.25) is 0 Å². The molecular weight excluding hydrogens is 414 g/mol. The molecule has 0 spiro atoms. The number of hydrogen-bond acceptors (Lipinski definition) is 5. The number of hydrogen-bond donors (Lipinski definition) is 3. The fraction of sp³-hybridized carbons (Fsp3) is 0.385. The third-order valence-corrected chi connectivity index (χ3v) is 6.45. The minimum absolute atomic E-state index is 0.424. The van der Waals surface area contributed by atoms with E-state index in [1.807, 2.05) is 0 Å². The van der Waals surface area contributed by atoms with Crippen LogP contribution >= 0.6 is 0 Å². The number of aryl methyl sites for hydroxylation is 2. The van der Waals surface area contributed by atoms with Crippen LogP contribution < -0.4 is 11.1 Å². The highest BCUT2D eigenvalue weighted by Gasteiger charge is 2.19. The number of morpholine rings is 1. The molecule has 0 atom stereocenters. The van der Waals surface area contributed by atoms with Crippen LogP contribution in [-0.2, 0) is 24.2 Å². The monoisotopic (exact) mass is 447 g/mol. The first-order valence-electron chi connectivity index (χ1n) is 11.5. The number of aromatic nitrogens is 2. The summed E-state index contributed by atoms with van der Waals surface area (Å²) in [5.74, 6) is 0.0128. The molecule has 1 saturated heterocycles. The number of aromatic amines is 1. The lowest BCUT2D eigenvalue weighted by Gasteiger charge is -2.26. The SMILES string of the molecule is Cc1cc(CNc2n[nH]c(Cc3ccc(CN4CCOCC4)cc3)c2C(N)=O)cc(C)c1C. The van der Waals surface area contributed by atoms with Crippen molar-refractivity contribution in [3.05, 3.63) is 81.0 Å². The van der Waals surface area contributed by atoms with Gasteiger partial charge in [-0.25, -0.2) is 0 Å². The first-order valence-corrected chi connectivity index (χ1v) is 11.5. The highest BCUT2D eigenvalue weighted by atomic mass is 16.5. The van der Waals surface area contributed by atoms with Crippen molar-refractivity contribution in [1.82, 2.24) is 15.1 Å². The summed E-state index contributed by atoms with van der Waals surface area (Å²) in [6.45, 7) is 11.4. The van der Waals surface area contributed by atoms with Crippen LogP contribution in [0.15, 0.2) is 36.4 Å². The molecule has 4 rings (SSSR count). The van der Waals surface area contributed by atoms with Gasteiger partial charge in [-0.2, -0.15) is 5.10 Å². The smallest absolute Gasteiger partial charge is 0.254 e. The van der Waals surface area contributed by atoms with Gasteiger partial charge in [0.25, 0.3) is 5.91 Å². The fourth-order valence-electron chi connectivity index (χ4n) is 4.30. The van der Waals surface area contributed by atoms with Crippen LogP contribution in [0, 0.1) is 20.8 Å². The molecule has 0 aliphatic carbocycles. The first kappa shape index (κ1) is 23.0. The minimum Gasteiger partial charge on any atom is -0.379 e. The molecule has 2 aromatic carbocycles. The molecule has 3 aromatic rings. The van der Waals surface area contributed by atoms with Gasteiger partial charge in [-0.1, -0.05) is 36.4 Å². The van der Waals surface area contributed by atoms with E-state index in [4.69, 9.17) is 10.5 Å². The second kappa shape index (κ2) is 10.2. The largest absolute Gasteiger partial charge is 0.379 e. The maximum atomic E-state index is 12.2. The Kier molecular flexibility index (Phi) is 7.11. The van der Waals surface area contributed by atoms with Gasteiger partial charge in [-0.05, 0) is 54.2 Å². The van der Waals surface area contributed by atoms with E-state index in [-0.39, 0.29) is 0 Å². The molecule has 33 heavy (non-hydrogen) atoms. The Morgan fingerprint density at radius 2 is 1.70 bits per heavy atom. The molecule has 0 saturated carbocycles. The Hall–Kier alpha value is -3.16. The number of amides is 1. The number of carbonyl (C=O) groups excluding carboxylic acids is 1. The number of nitrogens with one attached hydrogen (secondary N) is 2. The maximum Gasteiger partial charge on any atom is 0.254 e. The van der Waals surface area contributed by atoms with Crippen LogP contribution in [0.4, 0.5) is 5.82 Å². The van der Waals surface area contributed by atoms with Crippen molar-refractivity contribution in [3.63, 3.8) is 0 Å². The third-order valence-electron chi connectivity index (χ3n) is 6.45. The first-order chi connectivity index (χ1) is 15.9. The molecule has 174 valence electrons. The van der Waals surface area contributed by atoms with E-state index in [0.717, 1.165) is 49.7 Å². The van der Waals surface area contributed by atoms with Crippen molar-refractivity contribution in [2.75, 3.05) is 31.6 Å². The summed E-state index contributed by atoms with van der Waals surface area (Å²) in [5, 5.41) is 10.7. The zero-order chi connectivity index (χ0) is 23.4. The standard InChI is InChI=1S/C26H33N5O2/c1-17-12-22(13-18(2)19(17)3)15-28-26-24(25(27)32)23(29-30-26)14-20-4-6-21(7-5-20)16-31-8-10-33-11-9-31/h4-7,12-13H,8-11,14-16H2,1-3H3,(H2,27,32)(H2,28,29,30). The van der Waals surface area contributed by atoms with E-state index in [2.05, 4.69) is 77.6 Å². The lowest BCUT2D eigenvalue weighted by atomic mass is 10.0. The molecule has 7 nitrogen and oxygen atoms in total. The highest BCUT2D eigenvalue weighted by Crippen LogP contribution is 2.22. The van der Waals surface area contributed by atoms with E-state index in [1.165, 1.54) is 22.3 Å². The summed E-state index contributed by atoms with van der Waals surface area (Å²) in [6, 6.07) is 12.8. The number of nitrogens with zero attached hydrogens (tertiary/aromatic N) is 2. The maximum absolute atomic E-state index is 12.2. The van der Waals surface area contributed by atoms with Gasteiger partial charge in [0.15, 0.2) is 5.82 Å². The number of rotatable bonds is 8. The average Bonchev–Trinajstić information content (AvgIpc) is 3.20. The second-order valence-corrected chi connectivity index (χ2v) is 8.88. The van der Waals surface area contributed by atoms with Gasteiger partial charge in [0.1, 0.15) is 5.56 Å². The third kappa shape index (κ3) is 5.61. The van der Waals surface area contributed by atoms with E-state index in [1.54, 1.807) is 0 Å².